The lowest BCUT2D eigenvalue weighted by molar-refractivity contribution is -0.116. The molecule has 0 aliphatic rings. The van der Waals surface area contributed by atoms with Gasteiger partial charge in [-0.15, -0.1) is 11.3 Å². The summed E-state index contributed by atoms with van der Waals surface area (Å²) in [4.78, 5) is 17.1. The van der Waals surface area contributed by atoms with Crippen molar-refractivity contribution in [3.8, 4) is 0 Å². The highest BCUT2D eigenvalue weighted by Gasteiger charge is 2.08. The Bertz CT molecular complexity index is 1060. The molecule has 0 unspecified atom stereocenters. The number of nitrogens with one attached hydrogen (secondary N) is 1. The van der Waals surface area contributed by atoms with Crippen molar-refractivity contribution in [1.29, 1.82) is 0 Å². The number of aromatic nitrogens is 1. The van der Waals surface area contributed by atoms with E-state index in [0.717, 1.165) is 39.7 Å². The Labute approximate surface area is 179 Å². The van der Waals surface area contributed by atoms with E-state index in [1.807, 2.05) is 54.6 Å². The first-order valence-electron chi connectivity index (χ1n) is 9.68. The van der Waals surface area contributed by atoms with Crippen LogP contribution in [0.25, 0.3) is 10.2 Å². The molecule has 1 amide bonds. The van der Waals surface area contributed by atoms with E-state index in [4.69, 9.17) is 0 Å². The number of hydrogen-bond donors (Lipinski definition) is 1. The van der Waals surface area contributed by atoms with E-state index < -0.39 is 0 Å². The van der Waals surface area contributed by atoms with Crippen LogP contribution in [0.15, 0.2) is 83.2 Å². The number of carbonyl (C=O) groups excluding carboxylic acids is 1. The molecule has 0 atom stereocenters. The summed E-state index contributed by atoms with van der Waals surface area (Å²) in [7, 11) is 0. The van der Waals surface area contributed by atoms with Crippen molar-refractivity contribution in [3.63, 3.8) is 0 Å². The Hall–Kier alpha value is -2.63. The van der Waals surface area contributed by atoms with Crippen LogP contribution in [0, 0.1) is 0 Å². The van der Waals surface area contributed by atoms with Gasteiger partial charge in [-0.25, -0.2) is 4.98 Å². The molecule has 0 aliphatic heterocycles. The zero-order chi connectivity index (χ0) is 19.9. The zero-order valence-corrected chi connectivity index (χ0v) is 17.6. The normalized spacial score (nSPS) is 10.9. The molecule has 4 aromatic rings. The second-order valence-electron chi connectivity index (χ2n) is 6.77. The third kappa shape index (κ3) is 5.46. The minimum Gasteiger partial charge on any atom is -0.326 e. The maximum atomic E-state index is 12.4. The predicted molar refractivity (Wildman–Crippen MR) is 124 cm³/mol. The number of thioether (sulfide) groups is 1. The van der Waals surface area contributed by atoms with Gasteiger partial charge in [0.2, 0.25) is 5.91 Å². The largest absolute Gasteiger partial charge is 0.326 e. The molecule has 5 heteroatoms. The summed E-state index contributed by atoms with van der Waals surface area (Å²) >= 11 is 3.44. The number of thiazole rings is 1. The molecule has 1 heterocycles. The van der Waals surface area contributed by atoms with Crippen LogP contribution in [-0.2, 0) is 11.2 Å². The first-order valence-corrected chi connectivity index (χ1v) is 11.5. The standard InChI is InChI=1S/C24H22N2OS2/c27-23(15-8-16-28-24-26-21-13-6-7-14-22(21)29-24)25-20-12-5-4-11-19(20)17-18-9-2-1-3-10-18/h1-7,9-14H,8,15-17H2,(H,25,27). The van der Waals surface area contributed by atoms with Gasteiger partial charge in [0, 0.05) is 17.9 Å². The third-order valence-electron chi connectivity index (χ3n) is 4.58. The van der Waals surface area contributed by atoms with Gasteiger partial charge in [0.25, 0.3) is 0 Å². The van der Waals surface area contributed by atoms with Crippen LogP contribution in [0.2, 0.25) is 0 Å². The summed E-state index contributed by atoms with van der Waals surface area (Å²) in [5.74, 6) is 0.953. The molecular weight excluding hydrogens is 396 g/mol. The lowest BCUT2D eigenvalue weighted by Crippen LogP contribution is -2.13. The Morgan fingerprint density at radius 3 is 2.55 bits per heavy atom. The van der Waals surface area contributed by atoms with Gasteiger partial charge in [0.15, 0.2) is 4.34 Å². The molecule has 0 aliphatic carbocycles. The van der Waals surface area contributed by atoms with Gasteiger partial charge in [-0.2, -0.15) is 0 Å². The second-order valence-corrected chi connectivity index (χ2v) is 9.14. The summed E-state index contributed by atoms with van der Waals surface area (Å²) in [6.07, 6.45) is 2.15. The third-order valence-corrected chi connectivity index (χ3v) is 6.84. The molecule has 146 valence electrons. The summed E-state index contributed by atoms with van der Waals surface area (Å²) < 4.78 is 2.28. The van der Waals surface area contributed by atoms with Gasteiger partial charge >= 0.3 is 0 Å². The highest BCUT2D eigenvalue weighted by molar-refractivity contribution is 8.01. The Morgan fingerprint density at radius 2 is 1.69 bits per heavy atom. The Morgan fingerprint density at radius 1 is 0.931 bits per heavy atom. The molecule has 0 radical (unpaired) electrons. The van der Waals surface area contributed by atoms with Crippen LogP contribution in [0.1, 0.15) is 24.0 Å². The molecule has 29 heavy (non-hydrogen) atoms. The number of carbonyl (C=O) groups is 1. The maximum absolute atomic E-state index is 12.4. The van der Waals surface area contributed by atoms with E-state index in [9.17, 15) is 4.79 Å². The fraction of sp³-hybridized carbons (Fsp3) is 0.167. The maximum Gasteiger partial charge on any atom is 0.224 e. The number of para-hydroxylation sites is 2. The average molecular weight is 419 g/mol. The van der Waals surface area contributed by atoms with E-state index in [-0.39, 0.29) is 5.91 Å². The van der Waals surface area contributed by atoms with Crippen LogP contribution in [0.5, 0.6) is 0 Å². The van der Waals surface area contributed by atoms with Crippen LogP contribution in [0.4, 0.5) is 5.69 Å². The van der Waals surface area contributed by atoms with E-state index in [1.54, 1.807) is 23.1 Å². The Kier molecular flexibility index (Phi) is 6.60. The van der Waals surface area contributed by atoms with Crippen LogP contribution >= 0.6 is 23.1 Å². The average Bonchev–Trinajstić information content (AvgIpc) is 3.16. The van der Waals surface area contributed by atoms with E-state index in [1.165, 1.54) is 10.3 Å². The van der Waals surface area contributed by atoms with Gasteiger partial charge in [-0.1, -0.05) is 72.4 Å². The van der Waals surface area contributed by atoms with Crippen LogP contribution < -0.4 is 5.32 Å². The number of anilines is 1. The van der Waals surface area contributed by atoms with Gasteiger partial charge in [0.1, 0.15) is 0 Å². The fourth-order valence-electron chi connectivity index (χ4n) is 3.13. The smallest absolute Gasteiger partial charge is 0.224 e. The fourth-order valence-corrected chi connectivity index (χ4v) is 5.21. The summed E-state index contributed by atoms with van der Waals surface area (Å²) in [5.41, 5.74) is 4.32. The highest BCUT2D eigenvalue weighted by Crippen LogP contribution is 2.29. The SMILES string of the molecule is O=C(CCCSc1nc2ccccc2s1)Nc1ccccc1Cc1ccccc1. The first-order chi connectivity index (χ1) is 14.3. The molecule has 0 saturated heterocycles. The van der Waals surface area contributed by atoms with Crippen molar-refractivity contribution in [3.05, 3.63) is 90.0 Å². The quantitative estimate of drug-likeness (QED) is 0.266. The summed E-state index contributed by atoms with van der Waals surface area (Å²) in [6.45, 7) is 0. The summed E-state index contributed by atoms with van der Waals surface area (Å²) in [6, 6.07) is 26.5. The number of hydrogen-bond acceptors (Lipinski definition) is 4. The summed E-state index contributed by atoms with van der Waals surface area (Å²) in [5, 5.41) is 3.09. The van der Waals surface area contributed by atoms with Crippen LogP contribution in [-0.4, -0.2) is 16.6 Å². The first kappa shape index (κ1) is 19.7. The van der Waals surface area contributed by atoms with Crippen molar-refractivity contribution in [2.45, 2.75) is 23.6 Å². The molecule has 0 fully saturated rings. The number of nitrogens with zero attached hydrogens (tertiary/aromatic N) is 1. The molecule has 0 bridgehead atoms. The van der Waals surface area contributed by atoms with Crippen molar-refractivity contribution >= 4 is 44.9 Å². The minimum atomic E-state index is 0.0652. The van der Waals surface area contributed by atoms with Crippen molar-refractivity contribution in [2.75, 3.05) is 11.1 Å². The second kappa shape index (κ2) is 9.72. The topological polar surface area (TPSA) is 42.0 Å². The lowest BCUT2D eigenvalue weighted by atomic mass is 10.0. The van der Waals surface area contributed by atoms with Gasteiger partial charge < -0.3 is 5.32 Å². The van der Waals surface area contributed by atoms with E-state index in [0.29, 0.717) is 6.42 Å². The molecule has 3 aromatic carbocycles. The van der Waals surface area contributed by atoms with E-state index >= 15 is 0 Å². The highest BCUT2D eigenvalue weighted by atomic mass is 32.2. The lowest BCUT2D eigenvalue weighted by Gasteiger charge is -2.11. The van der Waals surface area contributed by atoms with Crippen molar-refractivity contribution < 1.29 is 4.79 Å². The molecule has 1 aromatic heterocycles. The molecular formula is C24H22N2OS2. The monoisotopic (exact) mass is 418 g/mol. The minimum absolute atomic E-state index is 0.0652. The number of rotatable bonds is 8. The van der Waals surface area contributed by atoms with E-state index in [2.05, 4.69) is 34.6 Å². The molecule has 0 spiro atoms. The molecule has 3 nitrogen and oxygen atoms in total. The Balaban J connectivity index is 1.27. The number of fused-ring (bicyclic) bond motifs is 1. The number of amides is 1. The van der Waals surface area contributed by atoms with Crippen molar-refractivity contribution in [2.24, 2.45) is 0 Å². The van der Waals surface area contributed by atoms with Gasteiger partial charge in [0.05, 0.1) is 10.2 Å². The van der Waals surface area contributed by atoms with Gasteiger partial charge in [-0.05, 0) is 42.2 Å². The van der Waals surface area contributed by atoms with Crippen molar-refractivity contribution in [1.82, 2.24) is 4.98 Å². The number of benzene rings is 3. The zero-order valence-electron chi connectivity index (χ0n) is 16.0. The molecule has 1 N–H and O–H groups in total. The van der Waals surface area contributed by atoms with Gasteiger partial charge in [-0.3, -0.25) is 4.79 Å². The predicted octanol–water partition coefficient (Wildman–Crippen LogP) is 6.40. The molecule has 0 saturated carbocycles. The molecule has 4 rings (SSSR count). The van der Waals surface area contributed by atoms with Crippen LogP contribution in [0.3, 0.4) is 0 Å².